The molecular weight excluding hydrogens is 379 g/mol. The summed E-state index contributed by atoms with van der Waals surface area (Å²) in [7, 11) is -3.81. The molecule has 7 heteroatoms. The maximum absolute atomic E-state index is 13.2. The zero-order valence-corrected chi connectivity index (χ0v) is 16.8. The van der Waals surface area contributed by atoms with Crippen molar-refractivity contribution < 1.29 is 17.6 Å². The summed E-state index contributed by atoms with van der Waals surface area (Å²) in [4.78, 5) is 13.2. The van der Waals surface area contributed by atoms with E-state index in [-0.39, 0.29) is 16.3 Å². The van der Waals surface area contributed by atoms with Crippen molar-refractivity contribution in [1.82, 2.24) is 9.62 Å². The summed E-state index contributed by atoms with van der Waals surface area (Å²) in [5, 5.41) is 3.32. The van der Waals surface area contributed by atoms with E-state index in [2.05, 4.69) is 5.32 Å². The van der Waals surface area contributed by atoms with Crippen LogP contribution in [0.3, 0.4) is 0 Å². The van der Waals surface area contributed by atoms with Crippen LogP contribution in [0.4, 0.5) is 4.39 Å². The first-order valence-corrected chi connectivity index (χ1v) is 11.9. The minimum atomic E-state index is -3.81. The molecule has 0 aromatic heterocycles. The number of carbonyl (C=O) groups excluding carboxylic acids is 1. The summed E-state index contributed by atoms with van der Waals surface area (Å²) in [6, 6.07) is 4.18. The van der Waals surface area contributed by atoms with E-state index in [0.29, 0.717) is 37.1 Å². The van der Waals surface area contributed by atoms with Gasteiger partial charge in [0.15, 0.2) is 0 Å². The average molecular weight is 407 g/mol. The Labute approximate surface area is 165 Å². The second-order valence-electron chi connectivity index (χ2n) is 9.41. The summed E-state index contributed by atoms with van der Waals surface area (Å²) in [6.07, 6.45) is 8.22. The lowest BCUT2D eigenvalue weighted by atomic mass is 9.53. The number of nitrogens with one attached hydrogen (secondary N) is 1. The lowest BCUT2D eigenvalue weighted by Crippen LogP contribution is -2.62. The third-order valence-electron chi connectivity index (χ3n) is 7.35. The number of rotatable bonds is 4. The van der Waals surface area contributed by atoms with Gasteiger partial charge in [0.1, 0.15) is 11.9 Å². The van der Waals surface area contributed by atoms with E-state index in [9.17, 15) is 17.6 Å². The fourth-order valence-corrected chi connectivity index (χ4v) is 8.30. The maximum Gasteiger partial charge on any atom is 0.243 e. The van der Waals surface area contributed by atoms with Crippen LogP contribution in [0.25, 0.3) is 0 Å². The second kappa shape index (κ2) is 6.52. The van der Waals surface area contributed by atoms with E-state index in [0.717, 1.165) is 31.4 Å². The quantitative estimate of drug-likeness (QED) is 0.836. The molecule has 152 valence electrons. The van der Waals surface area contributed by atoms with Gasteiger partial charge >= 0.3 is 0 Å². The van der Waals surface area contributed by atoms with E-state index < -0.39 is 21.9 Å². The van der Waals surface area contributed by atoms with Gasteiger partial charge in [-0.25, -0.2) is 12.8 Å². The SMILES string of the molecule is O=C(NC12CC3CC(CC(C3)C1)C2)C1CCCN1S(=O)(=O)c1ccc(F)cc1. The molecule has 5 aliphatic rings. The van der Waals surface area contributed by atoms with Crippen molar-refractivity contribution in [1.29, 1.82) is 0 Å². The first-order chi connectivity index (χ1) is 13.3. The van der Waals surface area contributed by atoms with Crippen LogP contribution in [0.1, 0.15) is 51.4 Å². The van der Waals surface area contributed by atoms with Gasteiger partial charge < -0.3 is 5.32 Å². The van der Waals surface area contributed by atoms with Crippen LogP contribution in [0.15, 0.2) is 29.2 Å². The Kier molecular flexibility index (Phi) is 4.32. The Bertz CT molecular complexity index is 848. The molecule has 1 saturated heterocycles. The molecule has 6 rings (SSSR count). The third-order valence-corrected chi connectivity index (χ3v) is 9.28. The maximum atomic E-state index is 13.2. The van der Waals surface area contributed by atoms with Gasteiger partial charge in [0.25, 0.3) is 0 Å². The van der Waals surface area contributed by atoms with E-state index in [1.807, 2.05) is 0 Å². The first kappa shape index (κ1) is 18.6. The molecule has 1 aromatic rings. The summed E-state index contributed by atoms with van der Waals surface area (Å²) in [6.45, 7) is 0.332. The molecule has 1 unspecified atom stereocenters. The molecule has 1 aliphatic heterocycles. The summed E-state index contributed by atoms with van der Waals surface area (Å²) >= 11 is 0. The van der Waals surface area contributed by atoms with Crippen molar-refractivity contribution in [3.8, 4) is 0 Å². The molecule has 0 spiro atoms. The third kappa shape index (κ3) is 3.07. The molecular formula is C21H27FN2O3S. The number of sulfonamides is 1. The lowest BCUT2D eigenvalue weighted by molar-refractivity contribution is -0.130. The standard InChI is InChI=1S/C21H27FN2O3S/c22-17-3-5-18(6-4-17)28(26,27)24-7-1-2-19(24)20(25)23-21-11-14-8-15(12-21)10-16(9-14)13-21/h3-6,14-16,19H,1-2,7-13H2,(H,23,25). The first-order valence-electron chi connectivity index (χ1n) is 10.4. The molecule has 5 nitrogen and oxygen atoms in total. The molecule has 28 heavy (non-hydrogen) atoms. The summed E-state index contributed by atoms with van der Waals surface area (Å²) in [5.41, 5.74) is -0.125. The molecule has 1 heterocycles. The Morgan fingerprint density at radius 3 is 2.18 bits per heavy atom. The zero-order chi connectivity index (χ0) is 19.5. The van der Waals surface area contributed by atoms with Crippen LogP contribution in [-0.4, -0.2) is 36.8 Å². The summed E-state index contributed by atoms with van der Waals surface area (Å²) < 4.78 is 40.6. The Morgan fingerprint density at radius 1 is 1.04 bits per heavy atom. The molecule has 0 radical (unpaired) electrons. The van der Waals surface area contributed by atoms with Crippen LogP contribution < -0.4 is 5.32 Å². The van der Waals surface area contributed by atoms with E-state index >= 15 is 0 Å². The van der Waals surface area contributed by atoms with Crippen molar-refractivity contribution in [3.05, 3.63) is 30.1 Å². The molecule has 4 aliphatic carbocycles. The van der Waals surface area contributed by atoms with Gasteiger partial charge in [-0.1, -0.05) is 0 Å². The topological polar surface area (TPSA) is 66.5 Å². The molecule has 4 saturated carbocycles. The highest BCUT2D eigenvalue weighted by molar-refractivity contribution is 7.89. The molecule has 4 bridgehead atoms. The Morgan fingerprint density at radius 2 is 1.61 bits per heavy atom. The van der Waals surface area contributed by atoms with Gasteiger partial charge in [0.2, 0.25) is 15.9 Å². The number of hydrogen-bond acceptors (Lipinski definition) is 3. The van der Waals surface area contributed by atoms with Crippen molar-refractivity contribution in [2.45, 2.75) is 67.8 Å². The number of hydrogen-bond donors (Lipinski definition) is 1. The molecule has 1 amide bonds. The highest BCUT2D eigenvalue weighted by atomic mass is 32.2. The van der Waals surface area contributed by atoms with Gasteiger partial charge in [-0.2, -0.15) is 4.31 Å². The Hall–Kier alpha value is -1.47. The number of carbonyl (C=O) groups is 1. The number of halogens is 1. The van der Waals surface area contributed by atoms with Crippen molar-refractivity contribution in [2.75, 3.05) is 6.54 Å². The van der Waals surface area contributed by atoms with Crippen LogP contribution in [0.2, 0.25) is 0 Å². The smallest absolute Gasteiger partial charge is 0.243 e. The van der Waals surface area contributed by atoms with Gasteiger partial charge in [-0.15, -0.1) is 0 Å². The highest BCUT2D eigenvalue weighted by Gasteiger charge is 2.52. The second-order valence-corrected chi connectivity index (χ2v) is 11.3. The average Bonchev–Trinajstić information content (AvgIpc) is 3.11. The van der Waals surface area contributed by atoms with Crippen LogP contribution in [0, 0.1) is 23.6 Å². The minimum Gasteiger partial charge on any atom is -0.349 e. The normalized spacial score (nSPS) is 37.3. The summed E-state index contributed by atoms with van der Waals surface area (Å²) in [5.74, 6) is 1.53. The highest BCUT2D eigenvalue weighted by Crippen LogP contribution is 2.55. The number of amides is 1. The zero-order valence-electron chi connectivity index (χ0n) is 15.9. The van der Waals surface area contributed by atoms with Crippen LogP contribution >= 0.6 is 0 Å². The fourth-order valence-electron chi connectivity index (χ4n) is 6.64. The van der Waals surface area contributed by atoms with Crippen molar-refractivity contribution >= 4 is 15.9 Å². The monoisotopic (exact) mass is 406 g/mol. The van der Waals surface area contributed by atoms with Crippen molar-refractivity contribution in [2.24, 2.45) is 17.8 Å². The van der Waals surface area contributed by atoms with Gasteiger partial charge in [0.05, 0.1) is 4.90 Å². The van der Waals surface area contributed by atoms with Crippen molar-refractivity contribution in [3.63, 3.8) is 0 Å². The largest absolute Gasteiger partial charge is 0.349 e. The molecule has 5 fully saturated rings. The van der Waals surface area contributed by atoms with Crippen LogP contribution in [-0.2, 0) is 14.8 Å². The molecule has 1 atom stereocenters. The van der Waals surface area contributed by atoms with Gasteiger partial charge in [0, 0.05) is 12.1 Å². The predicted molar refractivity (Wildman–Crippen MR) is 102 cm³/mol. The number of nitrogens with zero attached hydrogens (tertiary/aromatic N) is 1. The lowest BCUT2D eigenvalue weighted by Gasteiger charge is -2.57. The predicted octanol–water partition coefficient (Wildman–Crippen LogP) is 3.06. The van der Waals surface area contributed by atoms with E-state index in [1.54, 1.807) is 0 Å². The van der Waals surface area contributed by atoms with E-state index in [1.165, 1.54) is 35.7 Å². The Balaban J connectivity index is 1.35. The van der Waals surface area contributed by atoms with Gasteiger partial charge in [-0.3, -0.25) is 4.79 Å². The fraction of sp³-hybridized carbons (Fsp3) is 0.667. The molecule has 1 aromatic carbocycles. The minimum absolute atomic E-state index is 0.0448. The van der Waals surface area contributed by atoms with Gasteiger partial charge in [-0.05, 0) is 93.4 Å². The number of benzene rings is 1. The van der Waals surface area contributed by atoms with Crippen LogP contribution in [0.5, 0.6) is 0 Å². The molecule has 1 N–H and O–H groups in total. The van der Waals surface area contributed by atoms with E-state index in [4.69, 9.17) is 0 Å².